The summed E-state index contributed by atoms with van der Waals surface area (Å²) in [5, 5.41) is 0. The lowest BCUT2D eigenvalue weighted by molar-refractivity contribution is 0.0277. The van der Waals surface area contributed by atoms with E-state index >= 15 is 0 Å². The monoisotopic (exact) mass is 315 g/mol. The van der Waals surface area contributed by atoms with Crippen LogP contribution in [0.25, 0.3) is 0 Å². The van der Waals surface area contributed by atoms with Gasteiger partial charge < -0.3 is 15.2 Å². The average molecular weight is 316 g/mol. The van der Waals surface area contributed by atoms with Crippen LogP contribution in [0, 0.1) is 5.92 Å². The normalized spacial score (nSPS) is 10.7. The number of hydrogen-bond acceptors (Lipinski definition) is 4. The molecule has 0 radical (unpaired) electrons. The summed E-state index contributed by atoms with van der Waals surface area (Å²) in [5.74, 6) is 0.0751. The second-order valence-corrected chi connectivity index (χ2v) is 5.20. The molecule has 0 unspecified atom stereocenters. The molecule has 0 aromatic heterocycles. The zero-order valence-corrected chi connectivity index (χ0v) is 12.2. The van der Waals surface area contributed by atoms with Gasteiger partial charge in [0.2, 0.25) is 0 Å². The van der Waals surface area contributed by atoms with Gasteiger partial charge in [0.15, 0.2) is 0 Å². The number of benzene rings is 1. The van der Waals surface area contributed by atoms with Crippen LogP contribution in [0.15, 0.2) is 22.7 Å². The van der Waals surface area contributed by atoms with Gasteiger partial charge in [-0.25, -0.2) is 4.79 Å². The molecule has 1 aromatic carbocycles. The molecular formula is C13H18BrNO3. The van der Waals surface area contributed by atoms with Crippen LogP contribution >= 0.6 is 15.9 Å². The van der Waals surface area contributed by atoms with Gasteiger partial charge in [0.25, 0.3) is 0 Å². The van der Waals surface area contributed by atoms with Crippen molar-refractivity contribution in [2.24, 2.45) is 5.92 Å². The Morgan fingerprint density at radius 3 is 2.78 bits per heavy atom. The smallest absolute Gasteiger partial charge is 0.339 e. The van der Waals surface area contributed by atoms with E-state index in [4.69, 9.17) is 15.2 Å². The highest BCUT2D eigenvalue weighted by atomic mass is 79.9. The van der Waals surface area contributed by atoms with Crippen LogP contribution in [-0.4, -0.2) is 25.8 Å². The lowest BCUT2D eigenvalue weighted by Gasteiger charge is -2.09. The molecule has 0 atom stereocenters. The molecule has 0 spiro atoms. The van der Waals surface area contributed by atoms with E-state index in [0.717, 1.165) is 0 Å². The second kappa shape index (κ2) is 7.38. The fraction of sp³-hybridized carbons (Fsp3) is 0.462. The number of ether oxygens (including phenoxy) is 2. The summed E-state index contributed by atoms with van der Waals surface area (Å²) >= 11 is 3.29. The van der Waals surface area contributed by atoms with E-state index in [1.807, 2.05) is 0 Å². The van der Waals surface area contributed by atoms with Crippen LogP contribution in [0.5, 0.6) is 0 Å². The van der Waals surface area contributed by atoms with Gasteiger partial charge in [-0.1, -0.05) is 13.8 Å². The van der Waals surface area contributed by atoms with Crippen LogP contribution in [0.1, 0.15) is 24.2 Å². The number of anilines is 1. The van der Waals surface area contributed by atoms with Gasteiger partial charge >= 0.3 is 5.97 Å². The summed E-state index contributed by atoms with van der Waals surface area (Å²) < 4.78 is 11.1. The number of hydrogen-bond donors (Lipinski definition) is 1. The van der Waals surface area contributed by atoms with Crippen molar-refractivity contribution in [3.63, 3.8) is 0 Å². The standard InChI is InChI=1S/C13H18BrNO3/c1-9(2)8-17-5-6-18-13(16)11-7-10(15)3-4-12(11)14/h3-4,7,9H,5-6,8,15H2,1-2H3. The van der Waals surface area contributed by atoms with Gasteiger partial charge in [-0.15, -0.1) is 0 Å². The molecule has 0 heterocycles. The van der Waals surface area contributed by atoms with Crippen molar-refractivity contribution in [2.45, 2.75) is 13.8 Å². The molecule has 1 rings (SSSR count). The van der Waals surface area contributed by atoms with Crippen LogP contribution in [0.3, 0.4) is 0 Å². The Bertz CT molecular complexity index is 407. The highest BCUT2D eigenvalue weighted by Gasteiger charge is 2.11. The first-order valence-electron chi connectivity index (χ1n) is 5.80. The molecule has 0 aliphatic carbocycles. The summed E-state index contributed by atoms with van der Waals surface area (Å²) in [7, 11) is 0. The summed E-state index contributed by atoms with van der Waals surface area (Å²) in [5.41, 5.74) is 6.58. The molecule has 5 heteroatoms. The fourth-order valence-corrected chi connectivity index (χ4v) is 1.70. The summed E-state index contributed by atoms with van der Waals surface area (Å²) in [6, 6.07) is 5.02. The molecule has 1 aromatic rings. The molecule has 100 valence electrons. The maximum atomic E-state index is 11.8. The van der Waals surface area contributed by atoms with Crippen LogP contribution in [0.4, 0.5) is 5.69 Å². The Kier molecular flexibility index (Phi) is 6.15. The highest BCUT2D eigenvalue weighted by molar-refractivity contribution is 9.10. The largest absolute Gasteiger partial charge is 0.460 e. The molecule has 0 bridgehead atoms. The molecule has 0 aliphatic heterocycles. The van der Waals surface area contributed by atoms with E-state index in [-0.39, 0.29) is 6.61 Å². The topological polar surface area (TPSA) is 61.5 Å². The van der Waals surface area contributed by atoms with Crippen molar-refractivity contribution in [1.29, 1.82) is 0 Å². The molecule has 0 amide bonds. The molecule has 18 heavy (non-hydrogen) atoms. The zero-order valence-electron chi connectivity index (χ0n) is 10.6. The average Bonchev–Trinajstić information content (AvgIpc) is 2.31. The van der Waals surface area contributed by atoms with E-state index in [0.29, 0.717) is 34.9 Å². The lowest BCUT2D eigenvalue weighted by atomic mass is 10.2. The third kappa shape index (κ3) is 5.06. The van der Waals surface area contributed by atoms with Crippen molar-refractivity contribution in [3.05, 3.63) is 28.2 Å². The van der Waals surface area contributed by atoms with Crippen molar-refractivity contribution in [3.8, 4) is 0 Å². The molecule has 0 saturated carbocycles. The second-order valence-electron chi connectivity index (χ2n) is 4.34. The number of halogens is 1. The number of carbonyl (C=O) groups excluding carboxylic acids is 1. The van der Waals surface area contributed by atoms with E-state index in [2.05, 4.69) is 29.8 Å². The van der Waals surface area contributed by atoms with E-state index in [1.54, 1.807) is 18.2 Å². The van der Waals surface area contributed by atoms with Crippen LogP contribution in [0.2, 0.25) is 0 Å². The highest BCUT2D eigenvalue weighted by Crippen LogP contribution is 2.20. The van der Waals surface area contributed by atoms with Crippen LogP contribution < -0.4 is 5.73 Å². The minimum Gasteiger partial charge on any atom is -0.460 e. The first-order chi connectivity index (χ1) is 8.50. The van der Waals surface area contributed by atoms with E-state index in [9.17, 15) is 4.79 Å². The molecule has 0 fully saturated rings. The third-order valence-corrected chi connectivity index (χ3v) is 2.81. The predicted molar refractivity (Wildman–Crippen MR) is 74.5 cm³/mol. The fourth-order valence-electron chi connectivity index (χ4n) is 1.29. The van der Waals surface area contributed by atoms with E-state index < -0.39 is 5.97 Å². The lowest BCUT2D eigenvalue weighted by Crippen LogP contribution is -2.13. The zero-order chi connectivity index (χ0) is 13.5. The Morgan fingerprint density at radius 2 is 2.11 bits per heavy atom. The summed E-state index contributed by atoms with van der Waals surface area (Å²) in [4.78, 5) is 11.8. The molecule has 0 saturated heterocycles. The van der Waals surface area contributed by atoms with Gasteiger partial charge in [0, 0.05) is 16.8 Å². The maximum Gasteiger partial charge on any atom is 0.339 e. The van der Waals surface area contributed by atoms with Gasteiger partial charge in [-0.3, -0.25) is 0 Å². The number of rotatable bonds is 6. The van der Waals surface area contributed by atoms with Crippen molar-refractivity contribution in [2.75, 3.05) is 25.6 Å². The van der Waals surface area contributed by atoms with Crippen molar-refractivity contribution in [1.82, 2.24) is 0 Å². The van der Waals surface area contributed by atoms with Gasteiger partial charge in [0.1, 0.15) is 6.61 Å². The van der Waals surface area contributed by atoms with Gasteiger partial charge in [0.05, 0.1) is 12.2 Å². The minimum absolute atomic E-state index is 0.243. The molecular weight excluding hydrogens is 298 g/mol. The number of nitrogen functional groups attached to an aromatic ring is 1. The van der Waals surface area contributed by atoms with Crippen LogP contribution in [-0.2, 0) is 9.47 Å². The molecule has 4 nitrogen and oxygen atoms in total. The van der Waals surface area contributed by atoms with E-state index in [1.165, 1.54) is 0 Å². The Balaban J connectivity index is 2.39. The molecule has 0 aliphatic rings. The van der Waals surface area contributed by atoms with Gasteiger partial charge in [-0.2, -0.15) is 0 Å². The van der Waals surface area contributed by atoms with Crippen molar-refractivity contribution < 1.29 is 14.3 Å². The minimum atomic E-state index is -0.401. The Morgan fingerprint density at radius 1 is 1.39 bits per heavy atom. The Labute approximate surface area is 116 Å². The quantitative estimate of drug-likeness (QED) is 0.498. The summed E-state index contributed by atoms with van der Waals surface area (Å²) in [6.45, 7) is 5.45. The van der Waals surface area contributed by atoms with Gasteiger partial charge in [-0.05, 0) is 40.0 Å². The number of carbonyl (C=O) groups is 1. The first-order valence-corrected chi connectivity index (χ1v) is 6.60. The Hall–Kier alpha value is -1.07. The third-order valence-electron chi connectivity index (χ3n) is 2.12. The number of nitrogens with two attached hydrogens (primary N) is 1. The number of esters is 1. The SMILES string of the molecule is CC(C)COCCOC(=O)c1cc(N)ccc1Br. The van der Waals surface area contributed by atoms with Crippen molar-refractivity contribution >= 4 is 27.6 Å². The first kappa shape index (κ1) is 15.0. The maximum absolute atomic E-state index is 11.8. The predicted octanol–water partition coefficient (Wildman–Crippen LogP) is 2.86. The molecule has 2 N–H and O–H groups in total. The summed E-state index contributed by atoms with van der Waals surface area (Å²) in [6.07, 6.45) is 0.